The predicted molar refractivity (Wildman–Crippen MR) is 66.8 cm³/mol. The zero-order chi connectivity index (χ0) is 13.1. The molecule has 2 aromatic rings. The summed E-state index contributed by atoms with van der Waals surface area (Å²) in [6, 6.07) is 5.32. The fraction of sp³-hybridized carbons (Fsp3) is 0.308. The molecule has 0 amide bonds. The first kappa shape index (κ1) is 12.4. The molecular formula is C13H16N2O3. The number of aliphatic hydroxyl groups is 1. The summed E-state index contributed by atoms with van der Waals surface area (Å²) in [5, 5.41) is 14.4. The highest BCUT2D eigenvalue weighted by atomic mass is 16.5. The van der Waals surface area contributed by atoms with Crippen LogP contribution in [0, 0.1) is 0 Å². The fourth-order valence-electron chi connectivity index (χ4n) is 1.81. The third-order valence-electron chi connectivity index (χ3n) is 2.77. The molecule has 1 atom stereocenters. The molecule has 0 bridgehead atoms. The van der Waals surface area contributed by atoms with Crippen LogP contribution in [0.15, 0.2) is 30.6 Å². The monoisotopic (exact) mass is 248 g/mol. The standard InChI is InChI=1S/C13H16N2O3/c1-15-8-9(7-14-15)13(16)11-6-10(17-2)4-5-12(11)18-3/h4-8,13,16H,1-3H3. The van der Waals surface area contributed by atoms with E-state index in [0.717, 1.165) is 0 Å². The topological polar surface area (TPSA) is 56.5 Å². The summed E-state index contributed by atoms with van der Waals surface area (Å²) in [5.41, 5.74) is 1.37. The quantitative estimate of drug-likeness (QED) is 0.891. The third-order valence-corrected chi connectivity index (χ3v) is 2.77. The first-order valence-electron chi connectivity index (χ1n) is 5.54. The van der Waals surface area contributed by atoms with Crippen LogP contribution in [0.5, 0.6) is 11.5 Å². The largest absolute Gasteiger partial charge is 0.497 e. The Labute approximate surface area is 106 Å². The molecule has 0 saturated heterocycles. The summed E-state index contributed by atoms with van der Waals surface area (Å²) in [5.74, 6) is 1.29. The predicted octanol–water partition coefficient (Wildman–Crippen LogP) is 1.52. The van der Waals surface area contributed by atoms with Gasteiger partial charge in [0.2, 0.25) is 0 Å². The maximum atomic E-state index is 10.3. The van der Waals surface area contributed by atoms with Crippen LogP contribution in [0.3, 0.4) is 0 Å². The van der Waals surface area contributed by atoms with Crippen molar-refractivity contribution in [3.05, 3.63) is 41.7 Å². The number of aryl methyl sites for hydroxylation is 1. The van der Waals surface area contributed by atoms with Gasteiger partial charge < -0.3 is 14.6 Å². The SMILES string of the molecule is COc1ccc(OC)c(C(O)c2cnn(C)c2)c1. The first-order valence-corrected chi connectivity index (χ1v) is 5.54. The highest BCUT2D eigenvalue weighted by Gasteiger charge is 2.17. The third kappa shape index (κ3) is 2.31. The molecule has 0 aliphatic heterocycles. The minimum absolute atomic E-state index is 0.618. The van der Waals surface area contributed by atoms with Crippen molar-refractivity contribution < 1.29 is 14.6 Å². The number of rotatable bonds is 4. The Morgan fingerprint density at radius 1 is 1.28 bits per heavy atom. The Morgan fingerprint density at radius 2 is 2.06 bits per heavy atom. The summed E-state index contributed by atoms with van der Waals surface area (Å²) < 4.78 is 12.1. The number of nitrogens with zero attached hydrogens (tertiary/aromatic N) is 2. The minimum atomic E-state index is -0.788. The maximum absolute atomic E-state index is 10.3. The molecule has 1 unspecified atom stereocenters. The van der Waals surface area contributed by atoms with E-state index in [0.29, 0.717) is 22.6 Å². The Hall–Kier alpha value is -2.01. The molecule has 0 radical (unpaired) electrons. The van der Waals surface area contributed by atoms with Crippen molar-refractivity contribution in [3.8, 4) is 11.5 Å². The van der Waals surface area contributed by atoms with E-state index < -0.39 is 6.10 Å². The van der Waals surface area contributed by atoms with E-state index in [2.05, 4.69) is 5.10 Å². The van der Waals surface area contributed by atoms with E-state index in [4.69, 9.17) is 9.47 Å². The van der Waals surface area contributed by atoms with Gasteiger partial charge in [0.05, 0.1) is 20.4 Å². The Morgan fingerprint density at radius 3 is 2.61 bits per heavy atom. The molecular weight excluding hydrogens is 232 g/mol. The van der Waals surface area contributed by atoms with Gasteiger partial charge in [0, 0.05) is 24.4 Å². The van der Waals surface area contributed by atoms with Gasteiger partial charge in [-0.2, -0.15) is 5.10 Å². The lowest BCUT2D eigenvalue weighted by Crippen LogP contribution is -2.02. The van der Waals surface area contributed by atoms with Crippen LogP contribution in [0.25, 0.3) is 0 Å². The average molecular weight is 248 g/mol. The molecule has 96 valence electrons. The first-order chi connectivity index (χ1) is 8.65. The summed E-state index contributed by atoms with van der Waals surface area (Å²) >= 11 is 0. The van der Waals surface area contributed by atoms with Crippen LogP contribution in [0.4, 0.5) is 0 Å². The number of hydrogen-bond donors (Lipinski definition) is 1. The van der Waals surface area contributed by atoms with Crippen LogP contribution < -0.4 is 9.47 Å². The van der Waals surface area contributed by atoms with E-state index in [1.54, 1.807) is 56.5 Å². The van der Waals surface area contributed by atoms with E-state index in [1.165, 1.54) is 0 Å². The summed E-state index contributed by atoms with van der Waals surface area (Å²) in [6.45, 7) is 0. The normalized spacial score (nSPS) is 12.2. The number of aliphatic hydroxyl groups excluding tert-OH is 1. The number of aromatic nitrogens is 2. The van der Waals surface area contributed by atoms with Gasteiger partial charge in [-0.05, 0) is 18.2 Å². The summed E-state index contributed by atoms with van der Waals surface area (Å²) in [4.78, 5) is 0. The number of benzene rings is 1. The van der Waals surface area contributed by atoms with Crippen molar-refractivity contribution in [2.75, 3.05) is 14.2 Å². The second-order valence-corrected chi connectivity index (χ2v) is 3.96. The van der Waals surface area contributed by atoms with Gasteiger partial charge in [-0.15, -0.1) is 0 Å². The molecule has 0 aliphatic carbocycles. The second-order valence-electron chi connectivity index (χ2n) is 3.96. The van der Waals surface area contributed by atoms with Crippen molar-refractivity contribution in [3.63, 3.8) is 0 Å². The molecule has 1 heterocycles. The molecule has 0 fully saturated rings. The van der Waals surface area contributed by atoms with E-state index >= 15 is 0 Å². The van der Waals surface area contributed by atoms with E-state index in [-0.39, 0.29) is 0 Å². The smallest absolute Gasteiger partial charge is 0.125 e. The van der Waals surface area contributed by atoms with Crippen molar-refractivity contribution in [1.29, 1.82) is 0 Å². The van der Waals surface area contributed by atoms with Crippen molar-refractivity contribution in [2.45, 2.75) is 6.10 Å². The van der Waals surface area contributed by atoms with Gasteiger partial charge in [-0.1, -0.05) is 0 Å². The van der Waals surface area contributed by atoms with Crippen LogP contribution in [-0.2, 0) is 7.05 Å². The molecule has 1 N–H and O–H groups in total. The Bertz CT molecular complexity index is 537. The van der Waals surface area contributed by atoms with Crippen molar-refractivity contribution in [1.82, 2.24) is 9.78 Å². The van der Waals surface area contributed by atoms with E-state index in [1.807, 2.05) is 0 Å². The van der Waals surface area contributed by atoms with Crippen LogP contribution in [-0.4, -0.2) is 29.1 Å². The van der Waals surface area contributed by atoms with Gasteiger partial charge in [0.25, 0.3) is 0 Å². The number of hydrogen-bond acceptors (Lipinski definition) is 4. The van der Waals surface area contributed by atoms with Crippen molar-refractivity contribution in [2.24, 2.45) is 7.05 Å². The number of ether oxygens (including phenoxy) is 2. The molecule has 5 heteroatoms. The van der Waals surface area contributed by atoms with Gasteiger partial charge in [0.1, 0.15) is 17.6 Å². The number of methoxy groups -OCH3 is 2. The summed E-state index contributed by atoms with van der Waals surface area (Å²) in [7, 11) is 4.96. The van der Waals surface area contributed by atoms with Gasteiger partial charge in [0.15, 0.2) is 0 Å². The second kappa shape index (κ2) is 5.10. The highest BCUT2D eigenvalue weighted by Crippen LogP contribution is 2.32. The fourth-order valence-corrected chi connectivity index (χ4v) is 1.81. The van der Waals surface area contributed by atoms with Gasteiger partial charge >= 0.3 is 0 Å². The lowest BCUT2D eigenvalue weighted by atomic mass is 10.0. The Kier molecular flexibility index (Phi) is 3.53. The zero-order valence-electron chi connectivity index (χ0n) is 10.6. The lowest BCUT2D eigenvalue weighted by molar-refractivity contribution is 0.214. The Balaban J connectivity index is 2.41. The van der Waals surface area contributed by atoms with Crippen LogP contribution >= 0.6 is 0 Å². The lowest BCUT2D eigenvalue weighted by Gasteiger charge is -2.14. The maximum Gasteiger partial charge on any atom is 0.125 e. The van der Waals surface area contributed by atoms with Crippen molar-refractivity contribution >= 4 is 0 Å². The zero-order valence-corrected chi connectivity index (χ0v) is 10.6. The van der Waals surface area contributed by atoms with Gasteiger partial charge in [-0.25, -0.2) is 0 Å². The van der Waals surface area contributed by atoms with Crippen LogP contribution in [0.1, 0.15) is 17.2 Å². The molecule has 0 saturated carbocycles. The average Bonchev–Trinajstić information content (AvgIpc) is 2.83. The van der Waals surface area contributed by atoms with E-state index in [9.17, 15) is 5.11 Å². The molecule has 2 rings (SSSR count). The summed E-state index contributed by atoms with van der Waals surface area (Å²) in [6.07, 6.45) is 2.61. The molecule has 0 spiro atoms. The molecule has 0 aliphatic rings. The molecule has 1 aromatic heterocycles. The molecule has 5 nitrogen and oxygen atoms in total. The minimum Gasteiger partial charge on any atom is -0.497 e. The molecule has 18 heavy (non-hydrogen) atoms. The van der Waals surface area contributed by atoms with Gasteiger partial charge in [-0.3, -0.25) is 4.68 Å². The molecule has 1 aromatic carbocycles. The highest BCUT2D eigenvalue weighted by molar-refractivity contribution is 5.44. The van der Waals surface area contributed by atoms with Crippen LogP contribution in [0.2, 0.25) is 0 Å².